The van der Waals surface area contributed by atoms with E-state index in [9.17, 15) is 0 Å². The zero-order chi connectivity index (χ0) is 15.3. The molecule has 114 valence electrons. The fourth-order valence-electron chi connectivity index (χ4n) is 1.04. The number of nitrogens with zero attached hydrogens (tertiary/aromatic N) is 2. The standard InChI is InChI=1S/C5H12N2OS2.C5H11NOS2.Cd/c1-2-7(3-4-8)6-5(9)10;1-2-6(3-4-7)5(8)9;/h8H,2-4H2,1H3,(H2,6,9,10);7H,2-4H2,1H3,(H,8,9);/q;;+2/p-2. The van der Waals surface area contributed by atoms with Gasteiger partial charge in [0.15, 0.2) is 0 Å². The number of rotatable bonds is 7. The Hall–Kier alpha value is 1.02. The van der Waals surface area contributed by atoms with E-state index < -0.39 is 0 Å². The Balaban J connectivity index is -0.000000277. The van der Waals surface area contributed by atoms with Crippen molar-refractivity contribution in [2.45, 2.75) is 13.8 Å². The molecule has 0 saturated carbocycles. The van der Waals surface area contributed by atoms with Crippen LogP contribution in [-0.2, 0) is 52.6 Å². The van der Waals surface area contributed by atoms with Crippen molar-refractivity contribution < 1.29 is 37.5 Å². The monoisotopic (exact) mass is 457 g/mol. The Labute approximate surface area is 163 Å². The number of aliphatic hydroxyl groups is 2. The van der Waals surface area contributed by atoms with E-state index in [1.807, 2.05) is 13.8 Å². The van der Waals surface area contributed by atoms with Crippen molar-refractivity contribution in [3.05, 3.63) is 0 Å². The number of aliphatic hydroxyl groups excluding tert-OH is 2. The number of hydrogen-bond acceptors (Lipinski definition) is 7. The Morgan fingerprint density at radius 1 is 1.05 bits per heavy atom. The number of thiocarbonyl (C=S) groups is 2. The average Bonchev–Trinajstić information content (AvgIpc) is 2.35. The van der Waals surface area contributed by atoms with Crippen molar-refractivity contribution in [1.29, 1.82) is 0 Å². The molecule has 0 aliphatic carbocycles. The van der Waals surface area contributed by atoms with E-state index in [2.05, 4.69) is 30.3 Å². The van der Waals surface area contributed by atoms with Crippen LogP contribution in [0.25, 0.3) is 0 Å². The Morgan fingerprint density at radius 3 is 1.75 bits per heavy atom. The third-order valence-corrected chi connectivity index (χ3v) is 2.71. The molecule has 3 N–H and O–H groups in total. The maximum absolute atomic E-state index is 8.52. The molecule has 0 amide bonds. The average molecular weight is 456 g/mol. The zero-order valence-electron chi connectivity index (χ0n) is 11.9. The summed E-state index contributed by atoms with van der Waals surface area (Å²) in [5.74, 6) is 0. The van der Waals surface area contributed by atoms with Gasteiger partial charge in [0.25, 0.3) is 0 Å². The Bertz CT molecular complexity index is 263. The van der Waals surface area contributed by atoms with Gasteiger partial charge in [0, 0.05) is 26.2 Å². The molecule has 0 aliphatic rings. The molecule has 0 spiro atoms. The predicted octanol–water partition coefficient (Wildman–Crippen LogP) is -0.233. The van der Waals surface area contributed by atoms with Gasteiger partial charge in [-0.25, -0.2) is 5.01 Å². The maximum atomic E-state index is 8.52. The van der Waals surface area contributed by atoms with E-state index in [0.29, 0.717) is 21.7 Å². The van der Waals surface area contributed by atoms with Gasteiger partial charge >= 0.3 is 27.3 Å². The minimum atomic E-state index is 0. The van der Waals surface area contributed by atoms with Gasteiger partial charge in [-0.2, -0.15) is 0 Å². The van der Waals surface area contributed by atoms with Crippen LogP contribution in [0.4, 0.5) is 0 Å². The van der Waals surface area contributed by atoms with E-state index >= 15 is 0 Å². The molecule has 0 bridgehead atoms. The molecule has 0 heterocycles. The minimum absolute atomic E-state index is 0. The van der Waals surface area contributed by atoms with Crippen LogP contribution in [0.5, 0.6) is 0 Å². The first-order valence-corrected chi connectivity index (χ1v) is 7.46. The molecule has 10 heteroatoms. The largest absolute Gasteiger partial charge is 2.00 e. The summed E-state index contributed by atoms with van der Waals surface area (Å²) >= 11 is 18.7. The second kappa shape index (κ2) is 18.1. The van der Waals surface area contributed by atoms with Crippen molar-refractivity contribution in [1.82, 2.24) is 15.3 Å². The van der Waals surface area contributed by atoms with Crippen LogP contribution >= 0.6 is 24.4 Å². The number of hydrogen-bond donors (Lipinski definition) is 3. The van der Waals surface area contributed by atoms with Gasteiger partial charge < -0.3 is 70.2 Å². The number of nitrogens with one attached hydrogen (secondary N) is 1. The van der Waals surface area contributed by atoms with Crippen molar-refractivity contribution in [3.8, 4) is 0 Å². The van der Waals surface area contributed by atoms with Crippen LogP contribution in [0.1, 0.15) is 13.8 Å². The molecular formula is C10H21CdN3O2S4. The fraction of sp³-hybridized carbons (Fsp3) is 0.800. The minimum Gasteiger partial charge on any atom is -0.411 e. The van der Waals surface area contributed by atoms with E-state index in [4.69, 9.17) is 35.1 Å². The summed E-state index contributed by atoms with van der Waals surface area (Å²) in [5, 5.41) is 18.8. The molecule has 0 saturated heterocycles. The summed E-state index contributed by atoms with van der Waals surface area (Å²) in [6.45, 7) is 6.79. The molecule has 5 nitrogen and oxygen atoms in total. The van der Waals surface area contributed by atoms with Crippen molar-refractivity contribution >= 4 is 58.3 Å². The zero-order valence-corrected chi connectivity index (χ0v) is 19.2. The van der Waals surface area contributed by atoms with Gasteiger partial charge in [0.1, 0.15) is 0 Å². The van der Waals surface area contributed by atoms with Crippen LogP contribution in [-0.4, -0.2) is 68.2 Å². The summed E-state index contributed by atoms with van der Waals surface area (Å²) < 4.78 is 0.752. The topological polar surface area (TPSA) is 59.0 Å². The maximum Gasteiger partial charge on any atom is 2.00 e. The molecule has 20 heavy (non-hydrogen) atoms. The quantitative estimate of drug-likeness (QED) is 0.209. The number of likely N-dealkylation sites (N-methyl/N-ethyl adjacent to an activating group) is 2. The molecule has 0 atom stereocenters. The first kappa shape index (κ1) is 25.9. The molecule has 0 radical (unpaired) electrons. The molecule has 0 unspecified atom stereocenters. The van der Waals surface area contributed by atoms with Gasteiger partial charge in [-0.05, 0) is 11.2 Å². The molecule has 0 aliphatic heterocycles. The van der Waals surface area contributed by atoms with Crippen LogP contribution in [0.15, 0.2) is 0 Å². The third kappa shape index (κ3) is 17.1. The molecule has 0 aromatic carbocycles. The summed E-state index contributed by atoms with van der Waals surface area (Å²) in [6, 6.07) is 0. The second-order valence-corrected chi connectivity index (χ2v) is 5.38. The van der Waals surface area contributed by atoms with Crippen LogP contribution in [0.2, 0.25) is 0 Å². The Morgan fingerprint density at radius 2 is 1.55 bits per heavy atom. The van der Waals surface area contributed by atoms with Gasteiger partial charge in [-0.1, -0.05) is 11.2 Å². The summed E-state index contributed by atoms with van der Waals surface area (Å²) in [4.78, 5) is 1.77. The summed E-state index contributed by atoms with van der Waals surface area (Å²) in [6.07, 6.45) is 0. The molecule has 0 aromatic heterocycles. The first-order valence-electron chi connectivity index (χ1n) is 5.83. The number of hydrazine groups is 1. The SMILES string of the molecule is CCN(CCO)C(=S)[S-].CCN(CCO)NC(=S)[S-].[Cd+2]. The van der Waals surface area contributed by atoms with Crippen LogP contribution in [0, 0.1) is 0 Å². The summed E-state index contributed by atoms with van der Waals surface area (Å²) in [7, 11) is 0. The summed E-state index contributed by atoms with van der Waals surface area (Å²) in [5.41, 5.74) is 2.75. The normalized spacial score (nSPS) is 9.05. The van der Waals surface area contributed by atoms with E-state index in [0.717, 1.165) is 13.1 Å². The van der Waals surface area contributed by atoms with Crippen molar-refractivity contribution in [2.75, 3.05) is 39.4 Å². The molecule has 0 fully saturated rings. The van der Waals surface area contributed by atoms with E-state index in [1.54, 1.807) is 9.91 Å². The molecule has 0 aromatic rings. The molecule has 0 rings (SSSR count). The van der Waals surface area contributed by atoms with Gasteiger partial charge in [0.05, 0.1) is 13.2 Å². The van der Waals surface area contributed by atoms with E-state index in [1.165, 1.54) is 0 Å². The Kier molecular flexibility index (Phi) is 23.4. The van der Waals surface area contributed by atoms with Crippen molar-refractivity contribution in [3.63, 3.8) is 0 Å². The van der Waals surface area contributed by atoms with Crippen LogP contribution in [0.3, 0.4) is 0 Å². The van der Waals surface area contributed by atoms with Gasteiger partial charge in [0.2, 0.25) is 0 Å². The fourth-order valence-corrected chi connectivity index (χ4v) is 1.74. The second-order valence-electron chi connectivity index (χ2n) is 3.27. The van der Waals surface area contributed by atoms with Gasteiger partial charge in [-0.15, -0.1) is 0 Å². The predicted molar refractivity (Wildman–Crippen MR) is 91.7 cm³/mol. The third-order valence-electron chi connectivity index (χ3n) is 2.01. The van der Waals surface area contributed by atoms with Crippen molar-refractivity contribution in [2.24, 2.45) is 0 Å². The van der Waals surface area contributed by atoms with Crippen LogP contribution < -0.4 is 5.43 Å². The smallest absolute Gasteiger partial charge is 0.411 e. The van der Waals surface area contributed by atoms with Gasteiger partial charge in [-0.3, -0.25) is 0 Å². The molecular weight excluding hydrogens is 435 g/mol. The van der Waals surface area contributed by atoms with E-state index in [-0.39, 0.29) is 40.5 Å². The first-order chi connectivity index (χ1) is 8.92.